The number of nitrogens with one attached hydrogen (secondary N) is 1. The Kier molecular flexibility index (Phi) is 5.90. The molecule has 1 amide bonds. The van der Waals surface area contributed by atoms with E-state index in [2.05, 4.69) is 15.3 Å². The van der Waals surface area contributed by atoms with Crippen LogP contribution in [0.15, 0.2) is 12.3 Å². The number of anilines is 1. The van der Waals surface area contributed by atoms with Crippen molar-refractivity contribution in [3.05, 3.63) is 12.3 Å². The summed E-state index contributed by atoms with van der Waals surface area (Å²) in [6.07, 6.45) is 2.53. The Balaban J connectivity index is 2.49. The molecule has 1 aromatic heterocycles. The van der Waals surface area contributed by atoms with Crippen LogP contribution < -0.4 is 10.1 Å². The predicted octanol–water partition coefficient (Wildman–Crippen LogP) is 1.16. The van der Waals surface area contributed by atoms with E-state index in [0.717, 1.165) is 6.42 Å². The van der Waals surface area contributed by atoms with E-state index in [4.69, 9.17) is 4.74 Å². The summed E-state index contributed by atoms with van der Waals surface area (Å²) < 4.78 is 5.38. The van der Waals surface area contributed by atoms with Gasteiger partial charge in [0.1, 0.15) is 0 Å². The number of carbonyl (C=O) groups is 1. The van der Waals surface area contributed by atoms with Crippen LogP contribution in [-0.2, 0) is 4.79 Å². The molecule has 0 radical (unpaired) electrons. The molecule has 100 valence electrons. The normalized spacial score (nSPS) is 9.94. The van der Waals surface area contributed by atoms with Crippen molar-refractivity contribution >= 4 is 11.9 Å². The molecule has 1 heterocycles. The molecule has 0 saturated carbocycles. The predicted molar refractivity (Wildman–Crippen MR) is 69.6 cm³/mol. The molecule has 0 spiro atoms. The molecular weight excluding hydrogens is 232 g/mol. The monoisotopic (exact) mass is 252 g/mol. The zero-order chi connectivity index (χ0) is 13.4. The average Bonchev–Trinajstić information content (AvgIpc) is 2.42. The summed E-state index contributed by atoms with van der Waals surface area (Å²) in [4.78, 5) is 21.4. The number of hydrogen-bond acceptors (Lipinski definition) is 5. The summed E-state index contributed by atoms with van der Waals surface area (Å²) in [6, 6.07) is 1.70. The number of aromatic nitrogens is 2. The third-order valence-corrected chi connectivity index (χ3v) is 2.38. The minimum Gasteiger partial charge on any atom is -0.478 e. The molecule has 0 aliphatic carbocycles. The average molecular weight is 252 g/mol. The van der Waals surface area contributed by atoms with E-state index in [1.54, 1.807) is 24.2 Å². The maximum atomic E-state index is 11.6. The van der Waals surface area contributed by atoms with E-state index in [1.165, 1.54) is 0 Å². The standard InChI is InChI=1S/C12H20N4O2/c1-4-8-18-10-6-7-13-12(15-10)14-9-11(17)16(3)5-2/h6-7H,4-5,8-9H2,1-3H3,(H,13,14,15). The van der Waals surface area contributed by atoms with Crippen LogP contribution in [0.4, 0.5) is 5.95 Å². The molecule has 0 saturated heterocycles. The molecule has 0 bridgehead atoms. The van der Waals surface area contributed by atoms with Crippen molar-refractivity contribution in [2.45, 2.75) is 20.3 Å². The van der Waals surface area contributed by atoms with Gasteiger partial charge >= 0.3 is 0 Å². The zero-order valence-electron chi connectivity index (χ0n) is 11.1. The Bertz CT molecular complexity index is 384. The second-order valence-corrected chi connectivity index (χ2v) is 3.83. The van der Waals surface area contributed by atoms with E-state index in [1.807, 2.05) is 13.8 Å². The number of hydrogen-bond donors (Lipinski definition) is 1. The van der Waals surface area contributed by atoms with E-state index in [-0.39, 0.29) is 12.5 Å². The first-order valence-electron chi connectivity index (χ1n) is 6.11. The Hall–Kier alpha value is -1.85. The lowest BCUT2D eigenvalue weighted by Crippen LogP contribution is -2.32. The number of likely N-dealkylation sites (N-methyl/N-ethyl adjacent to an activating group) is 1. The molecule has 6 nitrogen and oxygen atoms in total. The van der Waals surface area contributed by atoms with Gasteiger partial charge in [-0.05, 0) is 13.3 Å². The lowest BCUT2D eigenvalue weighted by Gasteiger charge is -2.14. The van der Waals surface area contributed by atoms with Crippen molar-refractivity contribution in [2.24, 2.45) is 0 Å². The molecular formula is C12H20N4O2. The quantitative estimate of drug-likeness (QED) is 0.788. The molecule has 0 unspecified atom stereocenters. The van der Waals surface area contributed by atoms with Crippen LogP contribution in [0.2, 0.25) is 0 Å². The van der Waals surface area contributed by atoms with Gasteiger partial charge in [-0.1, -0.05) is 6.92 Å². The fourth-order valence-corrected chi connectivity index (χ4v) is 1.18. The number of amides is 1. The number of carbonyl (C=O) groups excluding carboxylic acids is 1. The Morgan fingerprint density at radius 2 is 2.28 bits per heavy atom. The lowest BCUT2D eigenvalue weighted by atomic mass is 10.5. The molecule has 1 N–H and O–H groups in total. The Morgan fingerprint density at radius 1 is 1.50 bits per heavy atom. The van der Waals surface area contributed by atoms with Gasteiger partial charge in [-0.2, -0.15) is 4.98 Å². The van der Waals surface area contributed by atoms with Crippen molar-refractivity contribution in [1.82, 2.24) is 14.9 Å². The molecule has 1 aromatic rings. The highest BCUT2D eigenvalue weighted by Crippen LogP contribution is 2.08. The van der Waals surface area contributed by atoms with Crippen LogP contribution >= 0.6 is 0 Å². The molecule has 0 aliphatic rings. The third-order valence-electron chi connectivity index (χ3n) is 2.38. The smallest absolute Gasteiger partial charge is 0.241 e. The maximum absolute atomic E-state index is 11.6. The fourth-order valence-electron chi connectivity index (χ4n) is 1.18. The van der Waals surface area contributed by atoms with Crippen molar-refractivity contribution in [3.63, 3.8) is 0 Å². The summed E-state index contributed by atoms with van der Waals surface area (Å²) in [6.45, 7) is 5.43. The fraction of sp³-hybridized carbons (Fsp3) is 0.583. The summed E-state index contributed by atoms with van der Waals surface area (Å²) in [5.41, 5.74) is 0. The van der Waals surface area contributed by atoms with Gasteiger partial charge in [0.05, 0.1) is 13.2 Å². The molecule has 0 atom stereocenters. The largest absolute Gasteiger partial charge is 0.478 e. The van der Waals surface area contributed by atoms with Crippen LogP contribution in [0.5, 0.6) is 5.88 Å². The van der Waals surface area contributed by atoms with Crippen LogP contribution in [0.1, 0.15) is 20.3 Å². The molecule has 0 aromatic carbocycles. The number of rotatable bonds is 7. The van der Waals surface area contributed by atoms with Crippen molar-refractivity contribution in [2.75, 3.05) is 32.1 Å². The number of nitrogens with zero attached hydrogens (tertiary/aromatic N) is 3. The van der Waals surface area contributed by atoms with E-state index >= 15 is 0 Å². The highest BCUT2D eigenvalue weighted by Gasteiger charge is 2.07. The van der Waals surface area contributed by atoms with Crippen LogP contribution in [0, 0.1) is 0 Å². The lowest BCUT2D eigenvalue weighted by molar-refractivity contribution is -0.127. The van der Waals surface area contributed by atoms with Gasteiger partial charge in [0, 0.05) is 25.9 Å². The molecule has 18 heavy (non-hydrogen) atoms. The number of ether oxygens (including phenoxy) is 1. The van der Waals surface area contributed by atoms with Gasteiger partial charge in [0.2, 0.25) is 17.7 Å². The molecule has 6 heteroatoms. The highest BCUT2D eigenvalue weighted by molar-refractivity contribution is 5.80. The third kappa shape index (κ3) is 4.57. The minimum atomic E-state index is 0.000907. The van der Waals surface area contributed by atoms with Gasteiger partial charge in [-0.3, -0.25) is 4.79 Å². The summed E-state index contributed by atoms with van der Waals surface area (Å²) in [5, 5.41) is 2.88. The SMILES string of the molecule is CCCOc1ccnc(NCC(=O)N(C)CC)n1. The first-order chi connectivity index (χ1) is 8.67. The second kappa shape index (κ2) is 7.47. The van der Waals surface area contributed by atoms with Crippen LogP contribution in [0.25, 0.3) is 0 Å². The van der Waals surface area contributed by atoms with Crippen molar-refractivity contribution < 1.29 is 9.53 Å². The van der Waals surface area contributed by atoms with E-state index < -0.39 is 0 Å². The van der Waals surface area contributed by atoms with E-state index in [0.29, 0.717) is 25.0 Å². The van der Waals surface area contributed by atoms with Gasteiger partial charge in [0.25, 0.3) is 0 Å². The highest BCUT2D eigenvalue weighted by atomic mass is 16.5. The topological polar surface area (TPSA) is 67.3 Å². The van der Waals surface area contributed by atoms with Gasteiger partial charge in [-0.15, -0.1) is 0 Å². The van der Waals surface area contributed by atoms with Gasteiger partial charge in [0.15, 0.2) is 0 Å². The van der Waals surface area contributed by atoms with Gasteiger partial charge in [-0.25, -0.2) is 4.98 Å². The molecule has 0 aliphatic heterocycles. The summed E-state index contributed by atoms with van der Waals surface area (Å²) >= 11 is 0. The van der Waals surface area contributed by atoms with Crippen LogP contribution in [0.3, 0.4) is 0 Å². The summed E-state index contributed by atoms with van der Waals surface area (Å²) in [7, 11) is 1.76. The Morgan fingerprint density at radius 3 is 2.94 bits per heavy atom. The second-order valence-electron chi connectivity index (χ2n) is 3.83. The van der Waals surface area contributed by atoms with Gasteiger partial charge < -0.3 is 15.0 Å². The molecule has 0 fully saturated rings. The van der Waals surface area contributed by atoms with Crippen molar-refractivity contribution in [3.8, 4) is 5.88 Å². The maximum Gasteiger partial charge on any atom is 0.241 e. The molecule has 1 rings (SSSR count). The van der Waals surface area contributed by atoms with E-state index in [9.17, 15) is 4.79 Å². The minimum absolute atomic E-state index is 0.000907. The first kappa shape index (κ1) is 14.2. The zero-order valence-corrected chi connectivity index (χ0v) is 11.1. The van der Waals surface area contributed by atoms with Crippen LogP contribution in [-0.4, -0.2) is 47.5 Å². The van der Waals surface area contributed by atoms with Crippen molar-refractivity contribution in [1.29, 1.82) is 0 Å². The first-order valence-corrected chi connectivity index (χ1v) is 6.11. The summed E-state index contributed by atoms with van der Waals surface area (Å²) in [5.74, 6) is 0.924. The Labute approximate surface area is 107 Å².